The van der Waals surface area contributed by atoms with Crippen molar-refractivity contribution in [2.45, 2.75) is 38.5 Å². The first-order valence-electron chi connectivity index (χ1n) is 9.11. The normalized spacial score (nSPS) is 31.5. The number of amides is 2. The maximum absolute atomic E-state index is 12.8. The molecule has 2 N–H and O–H groups in total. The molecule has 1 aromatic rings. The standard InChI is InChI=1S/C19H22Cl2N2O3/c20-14-1-2-16(15(21)6-14)26-10-17(24)22-23-18(25)19-7-11-3-12(8-19)5-13(4-11)9-19/h1-2,6,11-13H,3-5,7-10H2,(H,22,24)(H,23,25). The minimum absolute atomic E-state index is 0.0468. The second-order valence-electron chi connectivity index (χ2n) is 8.06. The molecular formula is C19H22Cl2N2O3. The molecule has 0 unspecified atom stereocenters. The third-order valence-corrected chi connectivity index (χ3v) is 6.62. The fraction of sp³-hybridized carbons (Fsp3) is 0.579. The Kier molecular flexibility index (Phi) is 4.78. The van der Waals surface area contributed by atoms with E-state index in [0.29, 0.717) is 33.5 Å². The van der Waals surface area contributed by atoms with Crippen LogP contribution in [0.3, 0.4) is 0 Å². The molecule has 0 saturated heterocycles. The molecule has 4 bridgehead atoms. The molecule has 0 spiro atoms. The van der Waals surface area contributed by atoms with Gasteiger partial charge in [0.25, 0.3) is 5.91 Å². The van der Waals surface area contributed by atoms with Crippen LogP contribution in [0.1, 0.15) is 38.5 Å². The fourth-order valence-electron chi connectivity index (χ4n) is 5.42. The number of nitrogens with one attached hydrogen (secondary N) is 2. The van der Waals surface area contributed by atoms with Crippen LogP contribution in [0.25, 0.3) is 0 Å². The zero-order valence-electron chi connectivity index (χ0n) is 14.4. The van der Waals surface area contributed by atoms with Crippen molar-refractivity contribution in [3.8, 4) is 5.75 Å². The van der Waals surface area contributed by atoms with Crippen LogP contribution in [-0.2, 0) is 9.59 Å². The molecule has 0 aromatic heterocycles. The molecule has 0 radical (unpaired) electrons. The lowest BCUT2D eigenvalue weighted by atomic mass is 9.49. The van der Waals surface area contributed by atoms with Crippen LogP contribution in [0.15, 0.2) is 18.2 Å². The van der Waals surface area contributed by atoms with Gasteiger partial charge >= 0.3 is 0 Å². The lowest BCUT2D eigenvalue weighted by Gasteiger charge is -2.55. The highest BCUT2D eigenvalue weighted by Crippen LogP contribution is 2.60. The summed E-state index contributed by atoms with van der Waals surface area (Å²) in [7, 11) is 0. The van der Waals surface area contributed by atoms with Crippen LogP contribution in [0.5, 0.6) is 5.75 Å². The smallest absolute Gasteiger partial charge is 0.276 e. The molecule has 4 saturated carbocycles. The van der Waals surface area contributed by atoms with Gasteiger partial charge in [-0.05, 0) is 74.5 Å². The van der Waals surface area contributed by atoms with Crippen LogP contribution in [0.4, 0.5) is 0 Å². The predicted octanol–water partition coefficient (Wildman–Crippen LogP) is 3.74. The third-order valence-electron chi connectivity index (χ3n) is 6.09. The Morgan fingerprint density at radius 3 is 2.23 bits per heavy atom. The van der Waals surface area contributed by atoms with E-state index >= 15 is 0 Å². The van der Waals surface area contributed by atoms with Gasteiger partial charge in [0, 0.05) is 5.02 Å². The van der Waals surface area contributed by atoms with Crippen molar-refractivity contribution in [2.24, 2.45) is 23.2 Å². The summed E-state index contributed by atoms with van der Waals surface area (Å²) >= 11 is 11.8. The van der Waals surface area contributed by atoms with E-state index in [0.717, 1.165) is 19.3 Å². The van der Waals surface area contributed by atoms with Gasteiger partial charge in [0.15, 0.2) is 6.61 Å². The molecule has 4 aliphatic carbocycles. The van der Waals surface area contributed by atoms with Gasteiger partial charge in [-0.2, -0.15) is 0 Å². The monoisotopic (exact) mass is 396 g/mol. The number of hydrogen-bond acceptors (Lipinski definition) is 3. The number of carbonyl (C=O) groups excluding carboxylic acids is 2. The summed E-state index contributed by atoms with van der Waals surface area (Å²) in [5, 5.41) is 0.831. The Balaban J connectivity index is 1.28. The van der Waals surface area contributed by atoms with Crippen molar-refractivity contribution >= 4 is 35.0 Å². The average molecular weight is 397 g/mol. The Morgan fingerprint density at radius 2 is 1.65 bits per heavy atom. The molecule has 140 valence electrons. The Labute approximate surface area is 162 Å². The molecule has 7 heteroatoms. The molecule has 0 heterocycles. The number of ether oxygens (including phenoxy) is 1. The molecule has 2 amide bonds. The van der Waals surface area contributed by atoms with Crippen molar-refractivity contribution in [1.82, 2.24) is 10.9 Å². The Bertz CT molecular complexity index is 702. The van der Waals surface area contributed by atoms with Gasteiger partial charge < -0.3 is 4.74 Å². The first-order chi connectivity index (χ1) is 12.4. The van der Waals surface area contributed by atoms with Crippen LogP contribution < -0.4 is 15.6 Å². The van der Waals surface area contributed by atoms with Crippen LogP contribution in [0.2, 0.25) is 10.0 Å². The van der Waals surface area contributed by atoms with Crippen molar-refractivity contribution < 1.29 is 14.3 Å². The summed E-state index contributed by atoms with van der Waals surface area (Å²) in [4.78, 5) is 24.8. The molecule has 1 aromatic carbocycles. The average Bonchev–Trinajstić information content (AvgIpc) is 2.57. The molecule has 4 aliphatic rings. The predicted molar refractivity (Wildman–Crippen MR) is 98.8 cm³/mol. The number of rotatable bonds is 4. The lowest BCUT2D eigenvalue weighted by Crippen LogP contribution is -2.57. The molecule has 0 atom stereocenters. The molecule has 0 aliphatic heterocycles. The van der Waals surface area contributed by atoms with Gasteiger partial charge in [0.2, 0.25) is 5.91 Å². The topological polar surface area (TPSA) is 67.4 Å². The number of carbonyl (C=O) groups is 2. The molecule has 5 nitrogen and oxygen atoms in total. The Morgan fingerprint density at radius 1 is 1.04 bits per heavy atom. The SMILES string of the molecule is O=C(COc1ccc(Cl)cc1Cl)NNC(=O)C12CC3CC(CC(C3)C1)C2. The minimum atomic E-state index is -0.422. The van der Waals surface area contributed by atoms with Crippen molar-refractivity contribution in [3.63, 3.8) is 0 Å². The van der Waals surface area contributed by atoms with Gasteiger partial charge in [-0.3, -0.25) is 20.4 Å². The summed E-state index contributed by atoms with van der Waals surface area (Å²) in [5.74, 6) is 1.94. The molecular weight excluding hydrogens is 375 g/mol. The highest BCUT2D eigenvalue weighted by atomic mass is 35.5. The molecule has 5 rings (SSSR count). The quantitative estimate of drug-likeness (QED) is 0.761. The van der Waals surface area contributed by atoms with E-state index in [-0.39, 0.29) is 17.9 Å². The van der Waals surface area contributed by atoms with E-state index in [1.807, 2.05) is 0 Å². The van der Waals surface area contributed by atoms with E-state index in [2.05, 4.69) is 10.9 Å². The van der Waals surface area contributed by atoms with Gasteiger partial charge in [0.05, 0.1) is 10.4 Å². The maximum atomic E-state index is 12.8. The lowest BCUT2D eigenvalue weighted by molar-refractivity contribution is -0.149. The van der Waals surface area contributed by atoms with Gasteiger partial charge in [-0.1, -0.05) is 23.2 Å². The molecule has 4 fully saturated rings. The first kappa shape index (κ1) is 17.9. The summed E-state index contributed by atoms with van der Waals surface area (Å²) in [6.45, 7) is -0.234. The van der Waals surface area contributed by atoms with Gasteiger partial charge in [-0.15, -0.1) is 0 Å². The van der Waals surface area contributed by atoms with Crippen LogP contribution >= 0.6 is 23.2 Å². The van der Waals surface area contributed by atoms with E-state index in [1.165, 1.54) is 19.3 Å². The fourth-order valence-corrected chi connectivity index (χ4v) is 5.88. The molecule has 26 heavy (non-hydrogen) atoms. The van der Waals surface area contributed by atoms with Crippen LogP contribution in [-0.4, -0.2) is 18.4 Å². The van der Waals surface area contributed by atoms with E-state index in [9.17, 15) is 9.59 Å². The second kappa shape index (κ2) is 6.93. The first-order valence-corrected chi connectivity index (χ1v) is 9.86. The van der Waals surface area contributed by atoms with Gasteiger partial charge in [0.1, 0.15) is 5.75 Å². The van der Waals surface area contributed by atoms with Crippen molar-refractivity contribution in [3.05, 3.63) is 28.2 Å². The summed E-state index contributed by atoms with van der Waals surface area (Å²) < 4.78 is 5.38. The van der Waals surface area contributed by atoms with Crippen molar-refractivity contribution in [1.29, 1.82) is 0 Å². The number of benzene rings is 1. The van der Waals surface area contributed by atoms with E-state index < -0.39 is 5.91 Å². The number of hydrazine groups is 1. The summed E-state index contributed by atoms with van der Waals surface area (Å²) in [6.07, 6.45) is 6.69. The number of halogens is 2. The zero-order valence-corrected chi connectivity index (χ0v) is 15.9. The Hall–Kier alpha value is -1.46. The van der Waals surface area contributed by atoms with Crippen LogP contribution in [0, 0.1) is 23.2 Å². The summed E-state index contributed by atoms with van der Waals surface area (Å²) in [5.41, 5.74) is 4.81. The summed E-state index contributed by atoms with van der Waals surface area (Å²) in [6, 6.07) is 4.78. The largest absolute Gasteiger partial charge is 0.482 e. The van der Waals surface area contributed by atoms with E-state index in [4.69, 9.17) is 27.9 Å². The minimum Gasteiger partial charge on any atom is -0.482 e. The number of hydrogen-bond donors (Lipinski definition) is 2. The van der Waals surface area contributed by atoms with Gasteiger partial charge in [-0.25, -0.2) is 0 Å². The highest BCUT2D eigenvalue weighted by molar-refractivity contribution is 6.35. The zero-order chi connectivity index (χ0) is 18.3. The highest BCUT2D eigenvalue weighted by Gasteiger charge is 2.54. The van der Waals surface area contributed by atoms with Crippen molar-refractivity contribution in [2.75, 3.05) is 6.61 Å². The van der Waals surface area contributed by atoms with E-state index in [1.54, 1.807) is 18.2 Å². The maximum Gasteiger partial charge on any atom is 0.276 e. The third kappa shape index (κ3) is 3.52. The second-order valence-corrected chi connectivity index (χ2v) is 8.91.